The van der Waals surface area contributed by atoms with Crippen LogP contribution in [-0.2, 0) is 11.2 Å². The van der Waals surface area contributed by atoms with Gasteiger partial charge < -0.3 is 15.7 Å². The highest BCUT2D eigenvalue weighted by atomic mass is 35.5. The molecular formula is C15H21ClN2O3. The maximum atomic E-state index is 11.7. The summed E-state index contributed by atoms with van der Waals surface area (Å²) < 4.78 is 0. The van der Waals surface area contributed by atoms with E-state index in [1.807, 2.05) is 12.1 Å². The molecule has 0 saturated heterocycles. The molecule has 0 saturated carbocycles. The summed E-state index contributed by atoms with van der Waals surface area (Å²) in [5.74, 6) is -1.05. The fourth-order valence-electron chi connectivity index (χ4n) is 1.80. The van der Waals surface area contributed by atoms with Crippen LogP contribution in [0.3, 0.4) is 0 Å². The van der Waals surface area contributed by atoms with Crippen molar-refractivity contribution >= 4 is 23.6 Å². The first kappa shape index (κ1) is 17.3. The van der Waals surface area contributed by atoms with Gasteiger partial charge in [0, 0.05) is 11.6 Å². The largest absolute Gasteiger partial charge is 0.480 e. The first-order valence-electron chi connectivity index (χ1n) is 6.72. The number of halogens is 1. The van der Waals surface area contributed by atoms with E-state index in [9.17, 15) is 9.59 Å². The molecule has 116 valence electrons. The van der Waals surface area contributed by atoms with Crippen molar-refractivity contribution in [1.82, 2.24) is 10.6 Å². The number of hydrogen-bond acceptors (Lipinski definition) is 2. The van der Waals surface area contributed by atoms with E-state index in [0.29, 0.717) is 18.0 Å². The standard InChI is InChI=1S/C15H21ClN2O3/c1-15(2,3)12(13(19)20)18-14(21)17-9-8-10-4-6-11(16)7-5-10/h4-7,12H,8-9H2,1-3H3,(H,19,20)(H2,17,18,21)/t12-/m0/s1. The Morgan fingerprint density at radius 2 is 1.81 bits per heavy atom. The zero-order valence-electron chi connectivity index (χ0n) is 12.4. The third-order valence-electron chi connectivity index (χ3n) is 3.00. The molecule has 21 heavy (non-hydrogen) atoms. The molecule has 0 unspecified atom stereocenters. The van der Waals surface area contributed by atoms with Gasteiger partial charge in [0.2, 0.25) is 0 Å². The lowest BCUT2D eigenvalue weighted by atomic mass is 9.87. The third kappa shape index (κ3) is 6.04. The summed E-state index contributed by atoms with van der Waals surface area (Å²) in [7, 11) is 0. The Hall–Kier alpha value is -1.75. The summed E-state index contributed by atoms with van der Waals surface area (Å²) in [5.41, 5.74) is 0.490. The quantitative estimate of drug-likeness (QED) is 0.782. The lowest BCUT2D eigenvalue weighted by Crippen LogP contribution is -2.52. The van der Waals surface area contributed by atoms with Gasteiger partial charge in [-0.1, -0.05) is 44.5 Å². The SMILES string of the molecule is CC(C)(C)[C@@H](NC(=O)NCCc1ccc(Cl)cc1)C(=O)O. The number of benzene rings is 1. The maximum Gasteiger partial charge on any atom is 0.326 e. The summed E-state index contributed by atoms with van der Waals surface area (Å²) in [5, 5.41) is 14.9. The van der Waals surface area contributed by atoms with Gasteiger partial charge in [-0.25, -0.2) is 9.59 Å². The molecule has 1 aromatic carbocycles. The maximum absolute atomic E-state index is 11.7. The van der Waals surface area contributed by atoms with E-state index in [4.69, 9.17) is 16.7 Å². The van der Waals surface area contributed by atoms with Gasteiger partial charge in [-0.15, -0.1) is 0 Å². The summed E-state index contributed by atoms with van der Waals surface area (Å²) in [6.45, 7) is 5.71. The van der Waals surface area contributed by atoms with E-state index in [2.05, 4.69) is 10.6 Å². The van der Waals surface area contributed by atoms with Crippen LogP contribution in [0.5, 0.6) is 0 Å². The molecule has 0 aliphatic heterocycles. The molecule has 6 heteroatoms. The fraction of sp³-hybridized carbons (Fsp3) is 0.467. The zero-order valence-corrected chi connectivity index (χ0v) is 13.2. The average Bonchev–Trinajstić information content (AvgIpc) is 2.36. The lowest BCUT2D eigenvalue weighted by molar-refractivity contribution is -0.141. The minimum atomic E-state index is -1.05. The van der Waals surface area contributed by atoms with E-state index < -0.39 is 23.5 Å². The molecule has 0 fully saturated rings. The van der Waals surface area contributed by atoms with Gasteiger partial charge in [0.25, 0.3) is 0 Å². The summed E-state index contributed by atoms with van der Waals surface area (Å²) in [4.78, 5) is 22.9. The Kier molecular flexibility index (Phi) is 6.03. The Morgan fingerprint density at radius 1 is 1.24 bits per heavy atom. The summed E-state index contributed by atoms with van der Waals surface area (Å²) in [6, 6.07) is 5.93. The molecule has 0 aliphatic carbocycles. The minimum absolute atomic E-state index is 0.421. The Morgan fingerprint density at radius 3 is 2.29 bits per heavy atom. The van der Waals surface area contributed by atoms with Gasteiger partial charge in [0.1, 0.15) is 6.04 Å². The predicted octanol–water partition coefficient (Wildman–Crippen LogP) is 2.68. The van der Waals surface area contributed by atoms with Crippen LogP contribution in [0.2, 0.25) is 5.02 Å². The molecule has 0 aliphatic rings. The number of carbonyl (C=O) groups excluding carboxylic acids is 1. The van der Waals surface area contributed by atoms with Crippen LogP contribution in [0, 0.1) is 5.41 Å². The van der Waals surface area contributed by atoms with E-state index in [1.165, 1.54) is 0 Å². The number of hydrogen-bond donors (Lipinski definition) is 3. The van der Waals surface area contributed by atoms with E-state index >= 15 is 0 Å². The first-order valence-corrected chi connectivity index (χ1v) is 7.09. The number of carboxylic acids is 1. The highest BCUT2D eigenvalue weighted by Crippen LogP contribution is 2.19. The second-order valence-electron chi connectivity index (χ2n) is 5.91. The van der Waals surface area contributed by atoms with E-state index in [-0.39, 0.29) is 0 Å². The minimum Gasteiger partial charge on any atom is -0.480 e. The van der Waals surface area contributed by atoms with Crippen molar-refractivity contribution in [2.45, 2.75) is 33.2 Å². The van der Waals surface area contributed by atoms with Crippen molar-refractivity contribution in [3.8, 4) is 0 Å². The number of aliphatic carboxylic acids is 1. The summed E-state index contributed by atoms with van der Waals surface area (Å²) in [6.07, 6.45) is 0.651. The monoisotopic (exact) mass is 312 g/mol. The first-order chi connectivity index (χ1) is 9.70. The van der Waals surface area contributed by atoms with Crippen molar-refractivity contribution in [2.75, 3.05) is 6.54 Å². The molecule has 1 atom stereocenters. The molecule has 2 amide bonds. The average molecular weight is 313 g/mol. The van der Waals surface area contributed by atoms with Gasteiger partial charge in [0.15, 0.2) is 0 Å². The molecule has 5 nitrogen and oxygen atoms in total. The molecule has 0 aromatic heterocycles. The Labute approximate surface area is 129 Å². The van der Waals surface area contributed by atoms with Gasteiger partial charge in [-0.05, 0) is 29.5 Å². The normalized spacial score (nSPS) is 12.6. The van der Waals surface area contributed by atoms with Crippen LogP contribution in [0.4, 0.5) is 4.79 Å². The number of carbonyl (C=O) groups is 2. The highest BCUT2D eigenvalue weighted by Gasteiger charge is 2.32. The van der Waals surface area contributed by atoms with Crippen LogP contribution in [0.25, 0.3) is 0 Å². The van der Waals surface area contributed by atoms with Crippen molar-refractivity contribution in [3.63, 3.8) is 0 Å². The van der Waals surface area contributed by atoms with E-state index in [0.717, 1.165) is 5.56 Å². The molecule has 0 radical (unpaired) electrons. The van der Waals surface area contributed by atoms with Crippen LogP contribution in [0.15, 0.2) is 24.3 Å². The van der Waals surface area contributed by atoms with Crippen molar-refractivity contribution in [3.05, 3.63) is 34.9 Å². The predicted molar refractivity (Wildman–Crippen MR) is 82.6 cm³/mol. The molecule has 3 N–H and O–H groups in total. The van der Waals surface area contributed by atoms with Crippen molar-refractivity contribution in [2.24, 2.45) is 5.41 Å². The number of rotatable bonds is 5. The Bertz CT molecular complexity index is 495. The fourth-order valence-corrected chi connectivity index (χ4v) is 1.93. The van der Waals surface area contributed by atoms with Crippen LogP contribution in [0.1, 0.15) is 26.3 Å². The topological polar surface area (TPSA) is 78.4 Å². The van der Waals surface area contributed by atoms with Crippen molar-refractivity contribution in [1.29, 1.82) is 0 Å². The molecule has 0 bridgehead atoms. The summed E-state index contributed by atoms with van der Waals surface area (Å²) >= 11 is 5.79. The number of nitrogens with one attached hydrogen (secondary N) is 2. The van der Waals surface area contributed by atoms with Crippen LogP contribution >= 0.6 is 11.6 Å². The van der Waals surface area contributed by atoms with Gasteiger partial charge in [-0.3, -0.25) is 0 Å². The molecule has 0 heterocycles. The number of carboxylic acid groups (broad SMARTS) is 1. The molecule has 0 spiro atoms. The molecule has 1 aromatic rings. The zero-order chi connectivity index (χ0) is 16.0. The smallest absolute Gasteiger partial charge is 0.326 e. The second-order valence-corrected chi connectivity index (χ2v) is 6.35. The third-order valence-corrected chi connectivity index (χ3v) is 3.25. The lowest BCUT2D eigenvalue weighted by Gasteiger charge is -2.27. The second kappa shape index (κ2) is 7.31. The van der Waals surface area contributed by atoms with Crippen molar-refractivity contribution < 1.29 is 14.7 Å². The van der Waals surface area contributed by atoms with Crippen LogP contribution in [-0.4, -0.2) is 29.7 Å². The molecular weight excluding hydrogens is 292 g/mol. The highest BCUT2D eigenvalue weighted by molar-refractivity contribution is 6.30. The van der Waals surface area contributed by atoms with Gasteiger partial charge >= 0.3 is 12.0 Å². The van der Waals surface area contributed by atoms with Gasteiger partial charge in [-0.2, -0.15) is 0 Å². The van der Waals surface area contributed by atoms with Crippen LogP contribution < -0.4 is 10.6 Å². The number of urea groups is 1. The molecule has 1 rings (SSSR count). The van der Waals surface area contributed by atoms with Gasteiger partial charge in [0.05, 0.1) is 0 Å². The Balaban J connectivity index is 2.43. The number of amides is 2. The van der Waals surface area contributed by atoms with E-state index in [1.54, 1.807) is 32.9 Å².